The van der Waals surface area contributed by atoms with Gasteiger partial charge in [0.25, 0.3) is 17.6 Å². The number of benzene rings is 1. The van der Waals surface area contributed by atoms with Gasteiger partial charge in [-0.1, -0.05) is 19.3 Å². The zero-order chi connectivity index (χ0) is 23.6. The zero-order valence-corrected chi connectivity index (χ0v) is 19.1. The van der Waals surface area contributed by atoms with Gasteiger partial charge in [-0.25, -0.2) is 4.39 Å². The molecule has 4 N–H and O–H groups in total. The lowest BCUT2D eigenvalue weighted by Crippen LogP contribution is -2.52. The molecule has 1 aliphatic carbocycles. The predicted octanol–water partition coefficient (Wildman–Crippen LogP) is 3.30. The van der Waals surface area contributed by atoms with Crippen molar-refractivity contribution < 1.29 is 18.8 Å². The Hall–Kier alpha value is -3.00. The molecule has 1 aromatic carbocycles. The number of aromatic nitrogens is 1. The second-order valence-electron chi connectivity index (χ2n) is 8.85. The number of nitrogens with two attached hydrogens (primary N) is 1. The van der Waals surface area contributed by atoms with E-state index in [0.717, 1.165) is 32.1 Å². The molecule has 172 valence electrons. The molecule has 1 aliphatic rings. The van der Waals surface area contributed by atoms with E-state index in [1.807, 2.05) is 0 Å². The quantitative estimate of drug-likeness (QED) is 0.471. The molecule has 8 heteroatoms. The number of ketones is 1. The van der Waals surface area contributed by atoms with E-state index in [-0.39, 0.29) is 18.1 Å². The topological polar surface area (TPSA) is 106 Å². The summed E-state index contributed by atoms with van der Waals surface area (Å²) in [6, 6.07) is 4.29. The first kappa shape index (κ1) is 23.7. The second-order valence-corrected chi connectivity index (χ2v) is 8.85. The van der Waals surface area contributed by atoms with E-state index in [2.05, 4.69) is 10.6 Å². The Bertz CT molecular complexity index is 1070. The summed E-state index contributed by atoms with van der Waals surface area (Å²) in [5, 5.41) is 5.43. The third kappa shape index (κ3) is 4.75. The first-order valence-corrected chi connectivity index (χ1v) is 10.9. The standard InChI is InChI=1S/C24H31FN4O3/c1-14-12-17(8-9-18(14)25)28-22(31)19-15(2)20(29(4)16(19)3)21(30)23(32)27-13-24(26)10-6-5-7-11-24/h8-9,12H,5-7,10-11,13,26H2,1-4H3,(H,27,32)(H,28,31). The number of hydrogen-bond acceptors (Lipinski definition) is 4. The summed E-state index contributed by atoms with van der Waals surface area (Å²) in [6.45, 7) is 5.21. The largest absolute Gasteiger partial charge is 0.347 e. The fourth-order valence-electron chi connectivity index (χ4n) is 4.43. The first-order chi connectivity index (χ1) is 15.0. The van der Waals surface area contributed by atoms with Crippen molar-refractivity contribution in [1.29, 1.82) is 0 Å². The first-order valence-electron chi connectivity index (χ1n) is 10.9. The van der Waals surface area contributed by atoms with Crippen molar-refractivity contribution in [2.75, 3.05) is 11.9 Å². The second kappa shape index (κ2) is 9.24. The van der Waals surface area contributed by atoms with Gasteiger partial charge in [-0.15, -0.1) is 0 Å². The van der Waals surface area contributed by atoms with Gasteiger partial charge in [0.1, 0.15) is 5.82 Å². The van der Waals surface area contributed by atoms with E-state index in [0.29, 0.717) is 28.1 Å². The molecule has 7 nitrogen and oxygen atoms in total. The molecule has 32 heavy (non-hydrogen) atoms. The maximum Gasteiger partial charge on any atom is 0.294 e. The van der Waals surface area contributed by atoms with Crippen LogP contribution in [0.5, 0.6) is 0 Å². The summed E-state index contributed by atoms with van der Waals surface area (Å²) in [5.41, 5.74) is 8.18. The molecule has 3 rings (SSSR count). The lowest BCUT2D eigenvalue weighted by atomic mass is 9.82. The highest BCUT2D eigenvalue weighted by molar-refractivity contribution is 6.43. The Labute approximate surface area is 187 Å². The van der Waals surface area contributed by atoms with E-state index >= 15 is 0 Å². The van der Waals surface area contributed by atoms with Crippen molar-refractivity contribution in [2.45, 2.75) is 58.4 Å². The molecule has 0 radical (unpaired) electrons. The number of carbonyl (C=O) groups excluding carboxylic acids is 3. The van der Waals surface area contributed by atoms with E-state index in [4.69, 9.17) is 5.73 Å². The number of anilines is 1. The van der Waals surface area contributed by atoms with E-state index < -0.39 is 23.1 Å². The van der Waals surface area contributed by atoms with Gasteiger partial charge < -0.3 is 20.9 Å². The van der Waals surface area contributed by atoms with Crippen LogP contribution in [0.3, 0.4) is 0 Å². The zero-order valence-electron chi connectivity index (χ0n) is 19.1. The molecule has 1 fully saturated rings. The average molecular weight is 443 g/mol. The molecule has 1 aromatic heterocycles. The number of carbonyl (C=O) groups is 3. The summed E-state index contributed by atoms with van der Waals surface area (Å²) in [5.74, 6) is -2.22. The van der Waals surface area contributed by atoms with Gasteiger partial charge in [-0.3, -0.25) is 14.4 Å². The van der Waals surface area contributed by atoms with Crippen molar-refractivity contribution in [1.82, 2.24) is 9.88 Å². The van der Waals surface area contributed by atoms with Crippen molar-refractivity contribution >= 4 is 23.3 Å². The summed E-state index contributed by atoms with van der Waals surface area (Å²) in [4.78, 5) is 38.5. The molecule has 1 saturated carbocycles. The van der Waals surface area contributed by atoms with E-state index in [9.17, 15) is 18.8 Å². The van der Waals surface area contributed by atoms with Crippen molar-refractivity contribution in [3.63, 3.8) is 0 Å². The summed E-state index contributed by atoms with van der Waals surface area (Å²) in [6.07, 6.45) is 4.80. The Morgan fingerprint density at radius 2 is 1.78 bits per heavy atom. The fraction of sp³-hybridized carbons (Fsp3) is 0.458. The summed E-state index contributed by atoms with van der Waals surface area (Å²) < 4.78 is 15.1. The number of rotatable bonds is 6. The molecular formula is C24H31FN4O3. The molecular weight excluding hydrogens is 411 g/mol. The maximum atomic E-state index is 13.5. The molecule has 2 aromatic rings. The molecule has 0 bridgehead atoms. The van der Waals surface area contributed by atoms with Crippen LogP contribution in [0.25, 0.3) is 0 Å². The molecule has 2 amide bonds. The molecule has 0 atom stereocenters. The van der Waals surface area contributed by atoms with Crippen molar-refractivity contribution in [3.8, 4) is 0 Å². The minimum atomic E-state index is -0.731. The van der Waals surface area contributed by atoms with Gasteiger partial charge in [0, 0.05) is 30.5 Å². The predicted molar refractivity (Wildman–Crippen MR) is 121 cm³/mol. The van der Waals surface area contributed by atoms with Crippen LogP contribution in [-0.2, 0) is 11.8 Å². The number of halogens is 1. The van der Waals surface area contributed by atoms with E-state index in [1.165, 1.54) is 18.2 Å². The van der Waals surface area contributed by atoms with Crippen LogP contribution in [0.2, 0.25) is 0 Å². The Balaban J connectivity index is 1.78. The summed E-state index contributed by atoms with van der Waals surface area (Å²) in [7, 11) is 1.65. The highest BCUT2D eigenvalue weighted by Crippen LogP contribution is 2.26. The lowest BCUT2D eigenvalue weighted by molar-refractivity contribution is -0.117. The molecule has 0 saturated heterocycles. The van der Waals surface area contributed by atoms with Crippen molar-refractivity contribution in [3.05, 3.63) is 52.1 Å². The molecule has 0 spiro atoms. The number of nitrogens with zero attached hydrogens (tertiary/aromatic N) is 1. The minimum Gasteiger partial charge on any atom is -0.347 e. The Morgan fingerprint density at radius 3 is 2.41 bits per heavy atom. The van der Waals surface area contributed by atoms with Crippen LogP contribution in [-0.4, -0.2) is 34.2 Å². The van der Waals surface area contributed by atoms with Crippen LogP contribution in [0.4, 0.5) is 10.1 Å². The lowest BCUT2D eigenvalue weighted by Gasteiger charge is -2.33. The number of nitrogens with one attached hydrogen (secondary N) is 2. The van der Waals surface area contributed by atoms with Gasteiger partial charge in [0.2, 0.25) is 0 Å². The number of hydrogen-bond donors (Lipinski definition) is 3. The molecule has 1 heterocycles. The molecule has 0 aliphatic heterocycles. The summed E-state index contributed by atoms with van der Waals surface area (Å²) >= 11 is 0. The minimum absolute atomic E-state index is 0.162. The number of aryl methyl sites for hydroxylation is 1. The third-order valence-corrected chi connectivity index (χ3v) is 6.45. The smallest absolute Gasteiger partial charge is 0.294 e. The van der Waals surface area contributed by atoms with Crippen LogP contribution < -0.4 is 16.4 Å². The van der Waals surface area contributed by atoms with Crippen LogP contribution in [0, 0.1) is 26.6 Å². The van der Waals surface area contributed by atoms with Gasteiger partial charge in [-0.2, -0.15) is 0 Å². The van der Waals surface area contributed by atoms with Crippen LogP contribution in [0.15, 0.2) is 18.2 Å². The fourth-order valence-corrected chi connectivity index (χ4v) is 4.43. The Kier molecular flexibility index (Phi) is 6.83. The van der Waals surface area contributed by atoms with Crippen LogP contribution >= 0.6 is 0 Å². The number of Topliss-reactive ketones (excluding diaryl/α,β-unsaturated/α-hetero) is 1. The van der Waals surface area contributed by atoms with Gasteiger partial charge >= 0.3 is 0 Å². The third-order valence-electron chi connectivity index (χ3n) is 6.45. The SMILES string of the molecule is Cc1cc(NC(=O)c2c(C)c(C(=O)C(=O)NCC3(N)CCCCC3)n(C)c2C)ccc1F. The molecule has 0 unspecified atom stereocenters. The van der Waals surface area contributed by atoms with E-state index in [1.54, 1.807) is 32.4 Å². The maximum absolute atomic E-state index is 13.5. The number of amides is 2. The monoisotopic (exact) mass is 442 g/mol. The highest BCUT2D eigenvalue weighted by atomic mass is 19.1. The Morgan fingerprint density at radius 1 is 1.12 bits per heavy atom. The van der Waals surface area contributed by atoms with Crippen LogP contribution in [0.1, 0.15) is 69.8 Å². The average Bonchev–Trinajstić information content (AvgIpc) is 2.97. The normalized spacial score (nSPS) is 15.3. The highest BCUT2D eigenvalue weighted by Gasteiger charge is 2.31. The van der Waals surface area contributed by atoms with Gasteiger partial charge in [0.05, 0.1) is 11.3 Å². The van der Waals surface area contributed by atoms with Crippen molar-refractivity contribution in [2.24, 2.45) is 12.8 Å². The van der Waals surface area contributed by atoms with Gasteiger partial charge in [0.15, 0.2) is 0 Å². The van der Waals surface area contributed by atoms with Gasteiger partial charge in [-0.05, 0) is 62.9 Å².